The molecule has 1 aliphatic rings. The molecule has 1 fully saturated rings. The van der Waals surface area contributed by atoms with E-state index in [4.69, 9.17) is 9.47 Å². The molecule has 1 N–H and O–H groups in total. The summed E-state index contributed by atoms with van der Waals surface area (Å²) in [5, 5.41) is 3.65. The van der Waals surface area contributed by atoms with E-state index in [0.717, 1.165) is 28.1 Å². The Morgan fingerprint density at radius 1 is 1.04 bits per heavy atom. The normalized spacial score (nSPS) is 14.6. The van der Waals surface area contributed by atoms with Gasteiger partial charge in [-0.3, -0.25) is 0 Å². The quantitative estimate of drug-likeness (QED) is 0.634. The zero-order valence-electron chi connectivity index (χ0n) is 14.8. The maximum absolute atomic E-state index is 6.05. The first kappa shape index (κ1) is 18.3. The fourth-order valence-corrected chi connectivity index (χ4v) is 3.85. The van der Waals surface area contributed by atoms with Crippen molar-refractivity contribution in [2.24, 2.45) is 0 Å². The number of nitrogens with one attached hydrogen (secondary N) is 1. The second-order valence-electron chi connectivity index (χ2n) is 6.47. The van der Waals surface area contributed by atoms with Crippen molar-refractivity contribution >= 4 is 15.9 Å². The number of hydrogen-bond donors (Lipinski definition) is 1. The summed E-state index contributed by atoms with van der Waals surface area (Å²) >= 11 is 3.66. The van der Waals surface area contributed by atoms with Crippen LogP contribution >= 0.6 is 15.9 Å². The zero-order chi connectivity index (χ0) is 17.5. The second-order valence-corrected chi connectivity index (χ2v) is 7.33. The molecule has 1 saturated carbocycles. The van der Waals surface area contributed by atoms with Crippen molar-refractivity contribution in [1.82, 2.24) is 5.32 Å². The third-order valence-corrected chi connectivity index (χ3v) is 5.13. The van der Waals surface area contributed by atoms with Crippen LogP contribution < -0.4 is 14.8 Å². The van der Waals surface area contributed by atoms with Crippen LogP contribution in [0.2, 0.25) is 0 Å². The van der Waals surface area contributed by atoms with E-state index in [2.05, 4.69) is 45.5 Å². The third-order valence-electron chi connectivity index (χ3n) is 4.55. The lowest BCUT2D eigenvalue weighted by Gasteiger charge is -2.17. The number of halogens is 1. The Labute approximate surface area is 158 Å². The van der Waals surface area contributed by atoms with Crippen LogP contribution in [0.25, 0.3) is 0 Å². The minimum absolute atomic E-state index is 0.527. The van der Waals surface area contributed by atoms with Gasteiger partial charge in [0.05, 0.1) is 11.1 Å². The molecule has 134 valence electrons. The third kappa shape index (κ3) is 5.23. The minimum atomic E-state index is 0.527. The van der Waals surface area contributed by atoms with Gasteiger partial charge in [0.2, 0.25) is 0 Å². The van der Waals surface area contributed by atoms with Gasteiger partial charge in [-0.15, -0.1) is 0 Å². The highest BCUT2D eigenvalue weighted by Gasteiger charge is 2.16. The van der Waals surface area contributed by atoms with E-state index in [0.29, 0.717) is 19.3 Å². The molecule has 1 aliphatic carbocycles. The van der Waals surface area contributed by atoms with Crippen molar-refractivity contribution < 1.29 is 9.47 Å². The summed E-state index contributed by atoms with van der Waals surface area (Å²) in [5.74, 6) is 1.58. The van der Waals surface area contributed by atoms with Crippen molar-refractivity contribution in [2.45, 2.75) is 51.8 Å². The first-order chi connectivity index (χ1) is 12.3. The lowest BCUT2D eigenvalue weighted by molar-refractivity contribution is 0.267. The summed E-state index contributed by atoms with van der Waals surface area (Å²) in [7, 11) is 0. The molecule has 3 rings (SSSR count). The van der Waals surface area contributed by atoms with Crippen LogP contribution in [0.5, 0.6) is 11.5 Å². The predicted molar refractivity (Wildman–Crippen MR) is 105 cm³/mol. The molecule has 0 heterocycles. The smallest absolute Gasteiger partial charge is 0.175 e. The average Bonchev–Trinajstić information content (AvgIpc) is 3.14. The van der Waals surface area contributed by atoms with E-state index < -0.39 is 0 Å². The molecule has 4 heteroatoms. The Morgan fingerprint density at radius 2 is 1.80 bits per heavy atom. The molecule has 2 aromatic carbocycles. The summed E-state index contributed by atoms with van der Waals surface area (Å²) in [5.41, 5.74) is 2.36. The Hall–Kier alpha value is -1.52. The molecule has 0 bridgehead atoms. The highest BCUT2D eigenvalue weighted by molar-refractivity contribution is 9.10. The van der Waals surface area contributed by atoms with Crippen molar-refractivity contribution in [3.05, 3.63) is 58.1 Å². The van der Waals surface area contributed by atoms with Gasteiger partial charge in [-0.1, -0.05) is 43.2 Å². The van der Waals surface area contributed by atoms with Crippen LogP contribution in [0.3, 0.4) is 0 Å². The number of hydrogen-bond acceptors (Lipinski definition) is 3. The molecule has 2 aromatic rings. The molecule has 0 saturated heterocycles. The predicted octanol–water partition coefficient (Wildman–Crippen LogP) is 5.46. The first-order valence-electron chi connectivity index (χ1n) is 9.11. The SMILES string of the molecule is CCOc1cc(CNC2CCCC2)cc(Br)c1OCc1ccccc1. The van der Waals surface area contributed by atoms with Gasteiger partial charge in [0.25, 0.3) is 0 Å². The summed E-state index contributed by atoms with van der Waals surface area (Å²) in [6, 6.07) is 15.1. The van der Waals surface area contributed by atoms with Gasteiger partial charge >= 0.3 is 0 Å². The Bertz CT molecular complexity index is 669. The maximum Gasteiger partial charge on any atom is 0.175 e. The van der Waals surface area contributed by atoms with E-state index in [9.17, 15) is 0 Å². The van der Waals surface area contributed by atoms with Gasteiger partial charge in [-0.2, -0.15) is 0 Å². The van der Waals surface area contributed by atoms with Crippen molar-refractivity contribution in [3.8, 4) is 11.5 Å². The van der Waals surface area contributed by atoms with Crippen LogP contribution in [0, 0.1) is 0 Å². The van der Waals surface area contributed by atoms with Gasteiger partial charge in [-0.25, -0.2) is 0 Å². The topological polar surface area (TPSA) is 30.5 Å². The largest absolute Gasteiger partial charge is 0.490 e. The lowest BCUT2D eigenvalue weighted by atomic mass is 10.1. The Balaban J connectivity index is 1.70. The Morgan fingerprint density at radius 3 is 2.52 bits per heavy atom. The fraction of sp³-hybridized carbons (Fsp3) is 0.429. The lowest BCUT2D eigenvalue weighted by Crippen LogP contribution is -2.25. The summed E-state index contributed by atoms with van der Waals surface area (Å²) in [6.07, 6.45) is 5.27. The molecule has 0 amide bonds. The van der Waals surface area contributed by atoms with Crippen LogP contribution in [-0.2, 0) is 13.2 Å². The van der Waals surface area contributed by atoms with Crippen molar-refractivity contribution in [3.63, 3.8) is 0 Å². The van der Waals surface area contributed by atoms with Crippen LogP contribution in [0.1, 0.15) is 43.7 Å². The minimum Gasteiger partial charge on any atom is -0.490 e. The van der Waals surface area contributed by atoms with Gasteiger partial charge in [0.1, 0.15) is 6.61 Å². The van der Waals surface area contributed by atoms with Crippen LogP contribution in [0.4, 0.5) is 0 Å². The van der Waals surface area contributed by atoms with Crippen LogP contribution in [0.15, 0.2) is 46.9 Å². The van der Waals surface area contributed by atoms with E-state index in [1.54, 1.807) is 0 Å². The fourth-order valence-electron chi connectivity index (χ4n) is 3.25. The summed E-state index contributed by atoms with van der Waals surface area (Å²) in [4.78, 5) is 0. The van der Waals surface area contributed by atoms with Crippen molar-refractivity contribution in [1.29, 1.82) is 0 Å². The van der Waals surface area contributed by atoms with Gasteiger partial charge in [0.15, 0.2) is 11.5 Å². The monoisotopic (exact) mass is 403 g/mol. The summed E-state index contributed by atoms with van der Waals surface area (Å²) < 4.78 is 12.8. The van der Waals surface area contributed by atoms with Crippen molar-refractivity contribution in [2.75, 3.05) is 6.61 Å². The number of benzene rings is 2. The molecule has 0 radical (unpaired) electrons. The molecule has 3 nitrogen and oxygen atoms in total. The zero-order valence-corrected chi connectivity index (χ0v) is 16.3. The molecule has 0 aromatic heterocycles. The maximum atomic E-state index is 6.05. The second kappa shape index (κ2) is 9.25. The van der Waals surface area contributed by atoms with Crippen LogP contribution in [-0.4, -0.2) is 12.6 Å². The first-order valence-corrected chi connectivity index (χ1v) is 9.91. The van der Waals surface area contributed by atoms with E-state index in [-0.39, 0.29) is 0 Å². The average molecular weight is 404 g/mol. The molecule has 0 unspecified atom stereocenters. The molecule has 25 heavy (non-hydrogen) atoms. The molecule has 0 spiro atoms. The van der Waals surface area contributed by atoms with E-state index >= 15 is 0 Å². The highest BCUT2D eigenvalue weighted by Crippen LogP contribution is 2.37. The number of rotatable bonds is 8. The van der Waals surface area contributed by atoms with E-state index in [1.165, 1.54) is 31.2 Å². The van der Waals surface area contributed by atoms with Gasteiger partial charge in [-0.05, 0) is 59.0 Å². The van der Waals surface area contributed by atoms with Gasteiger partial charge in [0, 0.05) is 12.6 Å². The molecule has 0 atom stereocenters. The number of ether oxygens (including phenoxy) is 2. The van der Waals surface area contributed by atoms with Gasteiger partial charge < -0.3 is 14.8 Å². The Kier molecular flexibility index (Phi) is 6.76. The highest BCUT2D eigenvalue weighted by atomic mass is 79.9. The van der Waals surface area contributed by atoms with E-state index in [1.807, 2.05) is 25.1 Å². The summed E-state index contributed by atoms with van der Waals surface area (Å²) in [6.45, 7) is 4.01. The molecular weight excluding hydrogens is 378 g/mol. The standard InChI is InChI=1S/C21H26BrNO2/c1-2-24-20-13-17(14-23-18-10-6-7-11-18)12-19(22)21(20)25-15-16-8-4-3-5-9-16/h3-5,8-9,12-13,18,23H,2,6-7,10-11,14-15H2,1H3. The molecule has 0 aliphatic heterocycles. The molecular formula is C21H26BrNO2.